The molecule has 0 radical (unpaired) electrons. The van der Waals surface area contributed by atoms with E-state index < -0.39 is 0 Å². The summed E-state index contributed by atoms with van der Waals surface area (Å²) < 4.78 is 0. The average molecular weight is 272 g/mol. The van der Waals surface area contributed by atoms with Crippen LogP contribution < -0.4 is 0 Å². The van der Waals surface area contributed by atoms with Gasteiger partial charge in [-0.15, -0.1) is 0 Å². The highest BCUT2D eigenvalue weighted by atomic mass is 15.2. The van der Waals surface area contributed by atoms with Gasteiger partial charge in [0.05, 0.1) is 0 Å². The summed E-state index contributed by atoms with van der Waals surface area (Å²) in [4.78, 5) is 5.22. The maximum Gasteiger partial charge on any atom is 0.00391 e. The lowest BCUT2D eigenvalue weighted by molar-refractivity contribution is 0.0316. The van der Waals surface area contributed by atoms with Crippen LogP contribution in [0.4, 0.5) is 0 Å². The van der Waals surface area contributed by atoms with Gasteiger partial charge in [0, 0.05) is 13.1 Å². The van der Waals surface area contributed by atoms with Crippen LogP contribution in [-0.2, 0) is 6.42 Å². The molecule has 0 aromatic heterocycles. The van der Waals surface area contributed by atoms with E-state index >= 15 is 0 Å². The number of rotatable bonds is 3. The monoisotopic (exact) mass is 272 g/mol. The molecule has 20 heavy (non-hydrogen) atoms. The molecule has 1 spiro atoms. The predicted octanol–water partition coefficient (Wildman–Crippen LogP) is 3.04. The van der Waals surface area contributed by atoms with Crippen molar-refractivity contribution >= 4 is 0 Å². The van der Waals surface area contributed by atoms with Gasteiger partial charge in [0.2, 0.25) is 0 Å². The van der Waals surface area contributed by atoms with Gasteiger partial charge in [0.15, 0.2) is 0 Å². The van der Waals surface area contributed by atoms with E-state index in [4.69, 9.17) is 0 Å². The zero-order valence-corrected chi connectivity index (χ0v) is 12.9. The fourth-order valence-corrected chi connectivity index (χ4v) is 3.93. The first-order chi connectivity index (χ1) is 9.76. The zero-order valence-electron chi connectivity index (χ0n) is 12.9. The highest BCUT2D eigenvalue weighted by molar-refractivity contribution is 5.14. The van der Waals surface area contributed by atoms with Gasteiger partial charge in [-0.25, -0.2) is 0 Å². The van der Waals surface area contributed by atoms with Gasteiger partial charge in [-0.3, -0.25) is 0 Å². The summed E-state index contributed by atoms with van der Waals surface area (Å²) in [5.41, 5.74) is 2.12. The Hall–Kier alpha value is -0.860. The van der Waals surface area contributed by atoms with E-state index in [0.717, 1.165) is 0 Å². The van der Waals surface area contributed by atoms with Crippen LogP contribution in [0.25, 0.3) is 0 Å². The first kappa shape index (κ1) is 14.1. The Bertz CT molecular complexity index is 407. The van der Waals surface area contributed by atoms with Crippen molar-refractivity contribution < 1.29 is 0 Å². The molecule has 110 valence electrons. The van der Waals surface area contributed by atoms with Crippen molar-refractivity contribution in [2.45, 2.75) is 32.1 Å². The number of likely N-dealkylation sites (tertiary alicyclic amines) is 2. The second-order valence-corrected chi connectivity index (χ2v) is 6.92. The molecule has 0 amide bonds. The van der Waals surface area contributed by atoms with Gasteiger partial charge in [0.1, 0.15) is 0 Å². The van der Waals surface area contributed by atoms with Crippen molar-refractivity contribution in [2.24, 2.45) is 5.41 Å². The number of nitrogens with zero attached hydrogens (tertiary/aromatic N) is 2. The van der Waals surface area contributed by atoms with Crippen LogP contribution in [0.15, 0.2) is 30.3 Å². The summed E-state index contributed by atoms with van der Waals surface area (Å²) >= 11 is 0. The van der Waals surface area contributed by atoms with E-state index in [1.807, 2.05) is 0 Å². The molecule has 0 unspecified atom stereocenters. The topological polar surface area (TPSA) is 6.48 Å². The molecule has 2 fully saturated rings. The Labute approximate surface area is 123 Å². The second kappa shape index (κ2) is 6.28. The molecule has 2 nitrogen and oxygen atoms in total. The van der Waals surface area contributed by atoms with Crippen molar-refractivity contribution in [2.75, 3.05) is 39.8 Å². The molecule has 0 aliphatic carbocycles. The Morgan fingerprint density at radius 2 is 1.75 bits per heavy atom. The van der Waals surface area contributed by atoms with Crippen LogP contribution in [-0.4, -0.2) is 49.6 Å². The van der Waals surface area contributed by atoms with E-state index in [2.05, 4.69) is 47.2 Å². The molecular formula is C18H28N2. The molecule has 1 aromatic rings. The summed E-state index contributed by atoms with van der Waals surface area (Å²) in [5.74, 6) is 0. The quantitative estimate of drug-likeness (QED) is 0.834. The van der Waals surface area contributed by atoms with Crippen molar-refractivity contribution in [3.63, 3.8) is 0 Å². The lowest BCUT2D eigenvalue weighted by atomic mass is 9.72. The van der Waals surface area contributed by atoms with Gasteiger partial charge in [-0.2, -0.15) is 0 Å². The van der Waals surface area contributed by atoms with Crippen LogP contribution >= 0.6 is 0 Å². The highest BCUT2D eigenvalue weighted by Gasteiger charge is 2.37. The minimum atomic E-state index is 0.640. The molecule has 0 N–H and O–H groups in total. The highest BCUT2D eigenvalue weighted by Crippen LogP contribution is 2.39. The van der Waals surface area contributed by atoms with Gasteiger partial charge in [-0.1, -0.05) is 30.3 Å². The molecule has 0 saturated carbocycles. The lowest BCUT2D eigenvalue weighted by Gasteiger charge is -2.47. The minimum absolute atomic E-state index is 0.640. The van der Waals surface area contributed by atoms with Crippen molar-refractivity contribution in [3.8, 4) is 0 Å². The summed E-state index contributed by atoms with van der Waals surface area (Å²) in [6, 6.07) is 10.9. The Balaban J connectivity index is 1.53. The van der Waals surface area contributed by atoms with E-state index in [1.54, 1.807) is 0 Å². The third kappa shape index (κ3) is 3.42. The van der Waals surface area contributed by atoms with Gasteiger partial charge in [0.25, 0.3) is 0 Å². The Morgan fingerprint density at radius 1 is 1.00 bits per heavy atom. The molecule has 2 heterocycles. The van der Waals surface area contributed by atoms with Crippen LogP contribution in [0.1, 0.15) is 31.2 Å². The molecule has 2 saturated heterocycles. The first-order valence-corrected chi connectivity index (χ1v) is 8.21. The lowest BCUT2D eigenvalue weighted by Crippen LogP contribution is -2.49. The van der Waals surface area contributed by atoms with E-state index in [0.29, 0.717) is 5.41 Å². The summed E-state index contributed by atoms with van der Waals surface area (Å²) in [7, 11) is 2.27. The molecule has 2 heteroatoms. The SMILES string of the molecule is CN1CCC2(CCCN(CCc3ccccc3)C2)CC1. The van der Waals surface area contributed by atoms with Crippen LogP contribution in [0.2, 0.25) is 0 Å². The third-order valence-corrected chi connectivity index (χ3v) is 5.35. The number of benzene rings is 1. The first-order valence-electron chi connectivity index (χ1n) is 8.21. The van der Waals surface area contributed by atoms with Crippen LogP contribution in [0.5, 0.6) is 0 Å². The smallest absolute Gasteiger partial charge is 0.00391 e. The molecule has 0 atom stereocenters. The molecule has 3 rings (SSSR count). The number of piperidine rings is 2. The molecular weight excluding hydrogens is 244 g/mol. The fraction of sp³-hybridized carbons (Fsp3) is 0.667. The standard InChI is InChI=1S/C18H28N2/c1-19-14-10-18(11-15-19)9-5-12-20(16-18)13-8-17-6-3-2-4-7-17/h2-4,6-7H,5,8-16H2,1H3. The van der Waals surface area contributed by atoms with Crippen molar-refractivity contribution in [1.29, 1.82) is 0 Å². The number of hydrogen-bond donors (Lipinski definition) is 0. The summed E-state index contributed by atoms with van der Waals surface area (Å²) in [6.45, 7) is 6.48. The fourth-order valence-electron chi connectivity index (χ4n) is 3.93. The van der Waals surface area contributed by atoms with E-state index in [9.17, 15) is 0 Å². The molecule has 1 aromatic carbocycles. The molecule has 2 aliphatic rings. The van der Waals surface area contributed by atoms with Gasteiger partial charge in [-0.05, 0) is 69.8 Å². The predicted molar refractivity (Wildman–Crippen MR) is 85.0 cm³/mol. The Morgan fingerprint density at radius 3 is 2.50 bits per heavy atom. The average Bonchev–Trinajstić information content (AvgIpc) is 2.50. The van der Waals surface area contributed by atoms with Crippen LogP contribution in [0, 0.1) is 5.41 Å². The molecule has 0 bridgehead atoms. The third-order valence-electron chi connectivity index (χ3n) is 5.35. The minimum Gasteiger partial charge on any atom is -0.306 e. The van der Waals surface area contributed by atoms with Gasteiger partial charge >= 0.3 is 0 Å². The maximum atomic E-state index is 2.72. The zero-order chi connectivity index (χ0) is 13.8. The Kier molecular flexibility index (Phi) is 4.42. The number of hydrogen-bond acceptors (Lipinski definition) is 2. The summed E-state index contributed by atoms with van der Waals surface area (Å²) in [5, 5.41) is 0. The van der Waals surface area contributed by atoms with Crippen LogP contribution in [0.3, 0.4) is 0 Å². The van der Waals surface area contributed by atoms with Crippen molar-refractivity contribution in [3.05, 3.63) is 35.9 Å². The largest absolute Gasteiger partial charge is 0.306 e. The van der Waals surface area contributed by atoms with E-state index in [-0.39, 0.29) is 0 Å². The van der Waals surface area contributed by atoms with E-state index in [1.165, 1.54) is 70.4 Å². The molecule has 2 aliphatic heterocycles. The second-order valence-electron chi connectivity index (χ2n) is 6.92. The maximum absolute atomic E-state index is 2.72. The van der Waals surface area contributed by atoms with Gasteiger partial charge < -0.3 is 9.80 Å². The summed E-state index contributed by atoms with van der Waals surface area (Å²) in [6.07, 6.45) is 6.88. The normalized spacial score (nSPS) is 24.1. The van der Waals surface area contributed by atoms with Crippen molar-refractivity contribution in [1.82, 2.24) is 9.80 Å².